The Morgan fingerprint density at radius 1 is 1.07 bits per heavy atom. The van der Waals surface area contributed by atoms with Gasteiger partial charge in [-0.05, 0) is 58.0 Å². The SMILES string of the molecule is CCn1c(S[C@H](C)C(=O)c2cc(C)n(-c3ccccc3)c2C)nc2ccccc21. The zero-order valence-electron chi connectivity index (χ0n) is 17.2. The number of carbonyl (C=O) groups excluding carboxylic acids is 1. The molecule has 148 valence electrons. The second kappa shape index (κ2) is 7.91. The lowest BCUT2D eigenvalue weighted by Crippen LogP contribution is -2.15. The van der Waals surface area contributed by atoms with E-state index in [4.69, 9.17) is 4.98 Å². The molecule has 0 amide bonds. The fourth-order valence-corrected chi connectivity index (χ4v) is 4.92. The first-order valence-corrected chi connectivity index (χ1v) is 10.8. The van der Waals surface area contributed by atoms with Gasteiger partial charge in [-0.25, -0.2) is 4.98 Å². The molecule has 0 aliphatic rings. The van der Waals surface area contributed by atoms with E-state index in [9.17, 15) is 4.79 Å². The Kier molecular flexibility index (Phi) is 5.33. The number of aromatic nitrogens is 3. The van der Waals surface area contributed by atoms with Crippen LogP contribution in [0, 0.1) is 13.8 Å². The fourth-order valence-electron chi connectivity index (χ4n) is 3.87. The van der Waals surface area contributed by atoms with E-state index in [-0.39, 0.29) is 11.0 Å². The van der Waals surface area contributed by atoms with Crippen molar-refractivity contribution in [2.24, 2.45) is 0 Å². The summed E-state index contributed by atoms with van der Waals surface area (Å²) in [5.41, 5.74) is 5.99. The third-order valence-corrected chi connectivity index (χ3v) is 6.39. The number of benzene rings is 2. The van der Waals surface area contributed by atoms with Crippen LogP contribution in [0.15, 0.2) is 65.8 Å². The topological polar surface area (TPSA) is 39.8 Å². The van der Waals surface area contributed by atoms with Gasteiger partial charge in [0.2, 0.25) is 0 Å². The monoisotopic (exact) mass is 403 g/mol. The molecule has 0 radical (unpaired) electrons. The molecule has 0 unspecified atom stereocenters. The van der Waals surface area contributed by atoms with Crippen LogP contribution in [-0.4, -0.2) is 25.2 Å². The predicted octanol–water partition coefficient (Wildman–Crippen LogP) is 5.83. The molecule has 0 spiro atoms. The second-order valence-corrected chi connectivity index (χ2v) is 8.52. The molecule has 4 aromatic rings. The van der Waals surface area contributed by atoms with Crippen molar-refractivity contribution in [3.05, 3.63) is 77.6 Å². The van der Waals surface area contributed by atoms with Crippen LogP contribution in [0.1, 0.15) is 35.6 Å². The third kappa shape index (κ3) is 3.51. The van der Waals surface area contributed by atoms with Gasteiger partial charge in [0, 0.05) is 29.2 Å². The van der Waals surface area contributed by atoms with Crippen LogP contribution in [-0.2, 0) is 6.54 Å². The third-order valence-electron chi connectivity index (χ3n) is 5.30. The zero-order chi connectivity index (χ0) is 20.5. The quantitative estimate of drug-likeness (QED) is 0.300. The largest absolute Gasteiger partial charge is 0.319 e. The number of carbonyl (C=O) groups is 1. The number of ketones is 1. The van der Waals surface area contributed by atoms with Gasteiger partial charge in [-0.15, -0.1) is 0 Å². The number of nitrogens with zero attached hydrogens (tertiary/aromatic N) is 3. The number of rotatable bonds is 6. The standard InChI is InChI=1S/C24H25N3OS/c1-5-26-22-14-10-9-13-21(22)25-24(26)29-18(4)23(28)20-15-16(2)27(17(20)3)19-11-7-6-8-12-19/h6-15,18H,5H2,1-4H3/t18-/m1/s1. The molecule has 29 heavy (non-hydrogen) atoms. The van der Waals surface area contributed by atoms with Gasteiger partial charge in [-0.1, -0.05) is 42.1 Å². The number of para-hydroxylation sites is 3. The summed E-state index contributed by atoms with van der Waals surface area (Å²) in [7, 11) is 0. The van der Waals surface area contributed by atoms with Crippen molar-refractivity contribution in [3.8, 4) is 5.69 Å². The summed E-state index contributed by atoms with van der Waals surface area (Å²) in [5.74, 6) is 0.139. The Bertz CT molecular complexity index is 1170. The smallest absolute Gasteiger partial charge is 0.177 e. The van der Waals surface area contributed by atoms with Gasteiger partial charge < -0.3 is 9.13 Å². The first kappa shape index (κ1) is 19.5. The molecule has 0 aliphatic carbocycles. The fraction of sp³-hybridized carbons (Fsp3) is 0.250. The van der Waals surface area contributed by atoms with Crippen molar-refractivity contribution in [2.75, 3.05) is 0 Å². The summed E-state index contributed by atoms with van der Waals surface area (Å²) in [6, 6.07) is 20.3. The Hall–Kier alpha value is -2.79. The van der Waals surface area contributed by atoms with Gasteiger partial charge in [0.15, 0.2) is 10.9 Å². The van der Waals surface area contributed by atoms with E-state index < -0.39 is 0 Å². The molecule has 0 bridgehead atoms. The molecule has 4 nitrogen and oxygen atoms in total. The van der Waals surface area contributed by atoms with Gasteiger partial charge in [0.25, 0.3) is 0 Å². The van der Waals surface area contributed by atoms with Crippen molar-refractivity contribution in [2.45, 2.75) is 44.6 Å². The summed E-state index contributed by atoms with van der Waals surface area (Å²) in [4.78, 5) is 18.1. The van der Waals surface area contributed by atoms with Crippen LogP contribution in [0.2, 0.25) is 0 Å². The van der Waals surface area contributed by atoms with Gasteiger partial charge >= 0.3 is 0 Å². The molecule has 4 rings (SSSR count). The summed E-state index contributed by atoms with van der Waals surface area (Å²) in [5, 5.41) is 0.674. The van der Waals surface area contributed by atoms with E-state index in [1.165, 1.54) is 11.8 Å². The van der Waals surface area contributed by atoms with E-state index in [2.05, 4.69) is 34.3 Å². The van der Waals surface area contributed by atoms with E-state index >= 15 is 0 Å². The number of fused-ring (bicyclic) bond motifs is 1. The molecular weight excluding hydrogens is 378 g/mol. The summed E-state index contributed by atoms with van der Waals surface area (Å²) in [6.45, 7) is 8.97. The summed E-state index contributed by atoms with van der Waals surface area (Å²) in [6.07, 6.45) is 0. The molecule has 2 heterocycles. The zero-order valence-corrected chi connectivity index (χ0v) is 18.0. The van der Waals surface area contributed by atoms with Crippen LogP contribution in [0.4, 0.5) is 0 Å². The molecule has 0 saturated carbocycles. The first-order valence-electron chi connectivity index (χ1n) is 9.91. The molecule has 0 saturated heterocycles. The van der Waals surface area contributed by atoms with E-state index in [0.29, 0.717) is 0 Å². The number of hydrogen-bond donors (Lipinski definition) is 0. The molecular formula is C24H25N3OS. The molecule has 0 N–H and O–H groups in total. The number of hydrogen-bond acceptors (Lipinski definition) is 3. The van der Waals surface area contributed by atoms with Gasteiger partial charge in [0.1, 0.15) is 0 Å². The number of Topliss-reactive ketones (excluding diaryl/α,β-unsaturated/α-hetero) is 1. The second-order valence-electron chi connectivity index (χ2n) is 7.21. The minimum absolute atomic E-state index is 0.139. The lowest BCUT2D eigenvalue weighted by atomic mass is 10.1. The van der Waals surface area contributed by atoms with Gasteiger partial charge in [-0.2, -0.15) is 0 Å². The Balaban J connectivity index is 1.64. The van der Waals surface area contributed by atoms with E-state index in [0.717, 1.165) is 45.4 Å². The highest BCUT2D eigenvalue weighted by atomic mass is 32.2. The average Bonchev–Trinajstić information content (AvgIpc) is 3.23. The highest BCUT2D eigenvalue weighted by Gasteiger charge is 2.24. The molecule has 0 aliphatic heterocycles. The average molecular weight is 404 g/mol. The number of aryl methyl sites for hydroxylation is 2. The minimum atomic E-state index is -0.221. The van der Waals surface area contributed by atoms with Crippen molar-refractivity contribution in [1.29, 1.82) is 0 Å². The number of thioether (sulfide) groups is 1. The maximum atomic E-state index is 13.3. The van der Waals surface area contributed by atoms with Crippen LogP contribution in [0.3, 0.4) is 0 Å². The van der Waals surface area contributed by atoms with Crippen molar-refractivity contribution in [3.63, 3.8) is 0 Å². The maximum Gasteiger partial charge on any atom is 0.177 e. The molecule has 0 fully saturated rings. The molecule has 5 heteroatoms. The van der Waals surface area contributed by atoms with Gasteiger partial charge in [-0.3, -0.25) is 4.79 Å². The predicted molar refractivity (Wildman–Crippen MR) is 120 cm³/mol. The van der Waals surface area contributed by atoms with Crippen LogP contribution in [0.5, 0.6) is 0 Å². The molecule has 2 aromatic heterocycles. The van der Waals surface area contributed by atoms with Crippen LogP contribution >= 0.6 is 11.8 Å². The normalized spacial score (nSPS) is 12.4. The minimum Gasteiger partial charge on any atom is -0.319 e. The van der Waals surface area contributed by atoms with E-state index in [1.54, 1.807) is 0 Å². The highest BCUT2D eigenvalue weighted by Crippen LogP contribution is 2.30. The molecule has 1 atom stereocenters. The van der Waals surface area contributed by atoms with Crippen molar-refractivity contribution in [1.82, 2.24) is 14.1 Å². The van der Waals surface area contributed by atoms with Crippen molar-refractivity contribution < 1.29 is 4.79 Å². The maximum absolute atomic E-state index is 13.3. The summed E-state index contributed by atoms with van der Waals surface area (Å²) < 4.78 is 4.32. The summed E-state index contributed by atoms with van der Waals surface area (Å²) >= 11 is 1.54. The lowest BCUT2D eigenvalue weighted by molar-refractivity contribution is 0.0993. The van der Waals surface area contributed by atoms with E-state index in [1.807, 2.05) is 63.2 Å². The van der Waals surface area contributed by atoms with Crippen molar-refractivity contribution >= 4 is 28.6 Å². The Morgan fingerprint density at radius 3 is 2.48 bits per heavy atom. The lowest BCUT2D eigenvalue weighted by Gasteiger charge is -2.12. The number of imidazole rings is 1. The highest BCUT2D eigenvalue weighted by molar-refractivity contribution is 8.00. The van der Waals surface area contributed by atoms with Gasteiger partial charge in [0.05, 0.1) is 16.3 Å². The van der Waals surface area contributed by atoms with Crippen LogP contribution in [0.25, 0.3) is 16.7 Å². The molecule has 2 aromatic carbocycles. The Morgan fingerprint density at radius 2 is 1.76 bits per heavy atom. The Labute approximate surface area is 175 Å². The van der Waals surface area contributed by atoms with Crippen LogP contribution < -0.4 is 0 Å². The first-order chi connectivity index (χ1) is 14.0.